The molecule has 6 rings (SSSR count). The standard InChI is InChI=1S/C26H20FN3O6/c1-29-12-18(14-3-2-4-17(9-14)30(33)34)23(24(31)15-5-8-21-22(10-15)36-13-35-21)26(29)19-11-16(27)6-7-20(19)28-25(26)32/h2-11,18,23H,12-13H2,1H3,(H,28,32)/t18-,23+,26+/m1/s1. The summed E-state index contributed by atoms with van der Waals surface area (Å²) in [6.45, 7) is 0.278. The number of carbonyl (C=O) groups excluding carboxylic acids is 2. The van der Waals surface area contributed by atoms with Crippen LogP contribution in [0.1, 0.15) is 27.4 Å². The predicted octanol–water partition coefficient (Wildman–Crippen LogP) is 3.84. The van der Waals surface area contributed by atoms with Gasteiger partial charge in [0.05, 0.1) is 10.8 Å². The zero-order valence-corrected chi connectivity index (χ0v) is 19.1. The fourth-order valence-electron chi connectivity index (χ4n) is 5.81. The van der Waals surface area contributed by atoms with Crippen LogP contribution in [0.15, 0.2) is 60.7 Å². The number of nitro groups is 1. The average Bonchev–Trinajstić information content (AvgIpc) is 3.54. The number of hydrogen-bond acceptors (Lipinski definition) is 7. The summed E-state index contributed by atoms with van der Waals surface area (Å²) in [7, 11) is 1.71. The molecule has 182 valence electrons. The van der Waals surface area contributed by atoms with Crippen LogP contribution in [0.4, 0.5) is 15.8 Å². The zero-order chi connectivity index (χ0) is 25.2. The van der Waals surface area contributed by atoms with E-state index in [0.29, 0.717) is 33.9 Å². The van der Waals surface area contributed by atoms with Crippen LogP contribution in [-0.4, -0.2) is 41.9 Å². The van der Waals surface area contributed by atoms with E-state index in [4.69, 9.17) is 9.47 Å². The Kier molecular flexibility index (Phi) is 4.84. The number of Topliss-reactive ketones (excluding diaryl/α,β-unsaturated/α-hetero) is 1. The molecule has 10 heteroatoms. The van der Waals surface area contributed by atoms with E-state index < -0.39 is 34.0 Å². The molecule has 36 heavy (non-hydrogen) atoms. The van der Waals surface area contributed by atoms with Crippen molar-refractivity contribution in [3.63, 3.8) is 0 Å². The van der Waals surface area contributed by atoms with E-state index >= 15 is 0 Å². The van der Waals surface area contributed by atoms with Crippen molar-refractivity contribution in [1.82, 2.24) is 4.90 Å². The molecule has 3 heterocycles. The van der Waals surface area contributed by atoms with Gasteiger partial charge in [-0.25, -0.2) is 4.39 Å². The SMILES string of the molecule is CN1C[C@H](c2cccc([N+](=O)[O-])c2)[C@@H](C(=O)c2ccc3c(c2)OCO3)[C@@]12C(=O)Nc1ccc(F)cc12. The van der Waals surface area contributed by atoms with E-state index in [2.05, 4.69) is 5.32 Å². The zero-order valence-electron chi connectivity index (χ0n) is 19.1. The highest BCUT2D eigenvalue weighted by Crippen LogP contribution is 2.56. The van der Waals surface area contributed by atoms with Crippen LogP contribution in [0.2, 0.25) is 0 Å². The third kappa shape index (κ3) is 3.04. The van der Waals surface area contributed by atoms with Gasteiger partial charge in [-0.1, -0.05) is 12.1 Å². The van der Waals surface area contributed by atoms with Gasteiger partial charge in [-0.05, 0) is 49.0 Å². The number of fused-ring (bicyclic) bond motifs is 3. The number of halogens is 1. The molecular weight excluding hydrogens is 469 g/mol. The first kappa shape index (κ1) is 22.2. The molecule has 3 aromatic carbocycles. The lowest BCUT2D eigenvalue weighted by Crippen LogP contribution is -2.51. The van der Waals surface area contributed by atoms with Gasteiger partial charge in [0, 0.05) is 41.4 Å². The second kappa shape index (κ2) is 7.85. The van der Waals surface area contributed by atoms with Gasteiger partial charge in [-0.2, -0.15) is 0 Å². The normalized spacial score (nSPS) is 24.1. The maximum Gasteiger partial charge on any atom is 0.269 e. The lowest BCUT2D eigenvalue weighted by atomic mass is 9.70. The van der Waals surface area contributed by atoms with Crippen molar-refractivity contribution < 1.29 is 28.4 Å². The Hall–Kier alpha value is -4.31. The van der Waals surface area contributed by atoms with Crippen molar-refractivity contribution >= 4 is 23.1 Å². The number of carbonyl (C=O) groups is 2. The maximum absolute atomic E-state index is 14.5. The minimum Gasteiger partial charge on any atom is -0.454 e. The fraction of sp³-hybridized carbons (Fsp3) is 0.231. The smallest absolute Gasteiger partial charge is 0.269 e. The van der Waals surface area contributed by atoms with Crippen LogP contribution >= 0.6 is 0 Å². The molecule has 1 spiro atoms. The molecule has 3 aliphatic rings. The highest BCUT2D eigenvalue weighted by Gasteiger charge is 2.64. The van der Waals surface area contributed by atoms with E-state index in [-0.39, 0.29) is 24.8 Å². The van der Waals surface area contributed by atoms with Crippen LogP contribution in [0.3, 0.4) is 0 Å². The molecule has 0 radical (unpaired) electrons. The Bertz CT molecular complexity index is 1460. The van der Waals surface area contributed by atoms with Crippen LogP contribution in [-0.2, 0) is 10.3 Å². The highest BCUT2D eigenvalue weighted by atomic mass is 19.1. The number of ether oxygens (including phenoxy) is 2. The lowest BCUT2D eigenvalue weighted by molar-refractivity contribution is -0.384. The summed E-state index contributed by atoms with van der Waals surface area (Å²) in [5.74, 6) is -2.02. The molecule has 0 unspecified atom stereocenters. The maximum atomic E-state index is 14.5. The number of anilines is 1. The summed E-state index contributed by atoms with van der Waals surface area (Å²) in [4.78, 5) is 40.7. The summed E-state index contributed by atoms with van der Waals surface area (Å²) >= 11 is 0. The molecule has 3 aromatic rings. The third-order valence-electron chi connectivity index (χ3n) is 7.36. The van der Waals surface area contributed by atoms with Crippen molar-refractivity contribution in [2.75, 3.05) is 25.7 Å². The number of benzene rings is 3. The van der Waals surface area contributed by atoms with Crippen LogP contribution in [0, 0.1) is 21.8 Å². The van der Waals surface area contributed by atoms with Gasteiger partial charge >= 0.3 is 0 Å². The molecular formula is C26H20FN3O6. The Morgan fingerprint density at radius 3 is 2.75 bits per heavy atom. The second-order valence-electron chi connectivity index (χ2n) is 9.16. The lowest BCUT2D eigenvalue weighted by Gasteiger charge is -2.35. The number of nitro benzene ring substituents is 1. The van der Waals surface area contributed by atoms with Gasteiger partial charge in [0.1, 0.15) is 11.4 Å². The number of non-ortho nitro benzene ring substituents is 1. The van der Waals surface area contributed by atoms with E-state index in [1.807, 2.05) is 0 Å². The molecule has 0 saturated carbocycles. The molecule has 1 saturated heterocycles. The van der Waals surface area contributed by atoms with E-state index in [1.54, 1.807) is 42.3 Å². The Labute approximate surface area is 204 Å². The third-order valence-corrected chi connectivity index (χ3v) is 7.36. The van der Waals surface area contributed by atoms with E-state index in [0.717, 1.165) is 0 Å². The van der Waals surface area contributed by atoms with Gasteiger partial charge in [0.2, 0.25) is 12.7 Å². The molecule has 1 N–H and O–H groups in total. The number of ketones is 1. The fourth-order valence-corrected chi connectivity index (χ4v) is 5.81. The van der Waals surface area contributed by atoms with E-state index in [9.17, 15) is 24.1 Å². The van der Waals surface area contributed by atoms with Crippen molar-refractivity contribution in [2.24, 2.45) is 5.92 Å². The van der Waals surface area contributed by atoms with Crippen molar-refractivity contribution in [3.8, 4) is 11.5 Å². The van der Waals surface area contributed by atoms with Crippen LogP contribution in [0.5, 0.6) is 11.5 Å². The number of likely N-dealkylation sites (N-methyl/N-ethyl adjacent to an activating group) is 1. The van der Waals surface area contributed by atoms with Gasteiger partial charge in [-0.15, -0.1) is 0 Å². The van der Waals surface area contributed by atoms with Gasteiger partial charge < -0.3 is 14.8 Å². The molecule has 1 fully saturated rings. The Morgan fingerprint density at radius 2 is 1.94 bits per heavy atom. The summed E-state index contributed by atoms with van der Waals surface area (Å²) in [5, 5.41) is 14.3. The summed E-state index contributed by atoms with van der Waals surface area (Å²) < 4.78 is 25.3. The number of likely N-dealkylation sites (tertiary alicyclic amines) is 1. The average molecular weight is 489 g/mol. The largest absolute Gasteiger partial charge is 0.454 e. The minimum atomic E-state index is -1.51. The summed E-state index contributed by atoms with van der Waals surface area (Å²) in [5.41, 5.74) is 0.00280. The molecule has 0 bridgehead atoms. The Balaban J connectivity index is 1.56. The van der Waals surface area contributed by atoms with Crippen molar-refractivity contribution in [3.05, 3.63) is 93.3 Å². The first-order chi connectivity index (χ1) is 17.3. The van der Waals surface area contributed by atoms with Gasteiger partial charge in [0.15, 0.2) is 17.3 Å². The predicted molar refractivity (Wildman–Crippen MR) is 126 cm³/mol. The van der Waals surface area contributed by atoms with E-state index in [1.165, 1.54) is 30.3 Å². The summed E-state index contributed by atoms with van der Waals surface area (Å²) in [6.07, 6.45) is 0. The molecule has 9 nitrogen and oxygen atoms in total. The van der Waals surface area contributed by atoms with Crippen LogP contribution < -0.4 is 14.8 Å². The van der Waals surface area contributed by atoms with Crippen molar-refractivity contribution in [2.45, 2.75) is 11.5 Å². The molecule has 0 aliphatic carbocycles. The topological polar surface area (TPSA) is 111 Å². The number of amides is 1. The number of rotatable bonds is 4. The minimum absolute atomic E-state index is 0.0362. The molecule has 1 amide bonds. The molecule has 0 aromatic heterocycles. The first-order valence-electron chi connectivity index (χ1n) is 11.3. The summed E-state index contributed by atoms with van der Waals surface area (Å²) in [6, 6.07) is 14.9. The van der Waals surface area contributed by atoms with Crippen molar-refractivity contribution in [1.29, 1.82) is 0 Å². The molecule has 3 aliphatic heterocycles. The Morgan fingerprint density at radius 1 is 1.14 bits per heavy atom. The number of hydrogen-bond donors (Lipinski definition) is 1. The van der Waals surface area contributed by atoms with Gasteiger partial charge in [0.25, 0.3) is 5.69 Å². The first-order valence-corrected chi connectivity index (χ1v) is 11.3. The van der Waals surface area contributed by atoms with Crippen LogP contribution in [0.25, 0.3) is 0 Å². The highest BCUT2D eigenvalue weighted by molar-refractivity contribution is 6.12. The van der Waals surface area contributed by atoms with Gasteiger partial charge in [-0.3, -0.25) is 24.6 Å². The number of nitrogens with zero attached hydrogens (tertiary/aromatic N) is 2. The second-order valence-corrected chi connectivity index (χ2v) is 9.16. The monoisotopic (exact) mass is 489 g/mol. The molecule has 3 atom stereocenters. The number of nitrogens with one attached hydrogen (secondary N) is 1. The quantitative estimate of drug-likeness (QED) is 0.337.